The van der Waals surface area contributed by atoms with Crippen LogP contribution in [0.1, 0.15) is 6.42 Å². The van der Waals surface area contributed by atoms with Crippen LogP contribution in [-0.4, -0.2) is 36.9 Å². The van der Waals surface area contributed by atoms with Crippen LogP contribution in [-0.2, 0) is 9.59 Å². The number of halogens is 3. The first kappa shape index (κ1) is 15.5. The Bertz CT molecular complexity index is 568. The minimum Gasteiger partial charge on any atom is -0.433 e. The second-order valence-corrected chi connectivity index (χ2v) is 5.10. The lowest BCUT2D eigenvalue weighted by molar-refractivity contribution is -0.127. The molecule has 1 aliphatic heterocycles. The number of hydrogen-bond acceptors (Lipinski definition) is 3. The molecule has 2 rings (SSSR count). The number of carbonyl (C=O) groups is 2. The first-order chi connectivity index (χ1) is 9.86. The van der Waals surface area contributed by atoms with E-state index in [4.69, 9.17) is 11.6 Å². The number of amides is 2. The molecule has 5 nitrogen and oxygen atoms in total. The highest BCUT2D eigenvalue weighted by molar-refractivity contribution is 6.32. The van der Waals surface area contributed by atoms with E-state index in [1.54, 1.807) is 7.05 Å². The number of likely N-dealkylation sites (tertiary alicyclic amines) is 1. The van der Waals surface area contributed by atoms with Gasteiger partial charge in [-0.25, -0.2) is 0 Å². The SMILES string of the molecule is CN1CC(C(=O)Nc2ccc(OC(F)F)c(Cl)c2)CC1=O. The molecule has 1 N–H and O–H groups in total. The Kier molecular flexibility index (Phi) is 4.62. The van der Waals surface area contributed by atoms with Gasteiger partial charge in [-0.2, -0.15) is 8.78 Å². The third kappa shape index (κ3) is 3.81. The average molecular weight is 319 g/mol. The van der Waals surface area contributed by atoms with Crippen molar-refractivity contribution < 1.29 is 23.1 Å². The van der Waals surface area contributed by atoms with Gasteiger partial charge in [0.1, 0.15) is 5.75 Å². The third-order valence-electron chi connectivity index (χ3n) is 3.13. The Balaban J connectivity index is 2.01. The van der Waals surface area contributed by atoms with Crippen LogP contribution >= 0.6 is 11.6 Å². The first-order valence-corrected chi connectivity index (χ1v) is 6.54. The number of rotatable bonds is 4. The van der Waals surface area contributed by atoms with Crippen LogP contribution in [0.2, 0.25) is 5.02 Å². The number of nitrogens with zero attached hydrogens (tertiary/aromatic N) is 1. The van der Waals surface area contributed by atoms with Gasteiger partial charge in [0.2, 0.25) is 11.8 Å². The molecule has 1 unspecified atom stereocenters. The summed E-state index contributed by atoms with van der Waals surface area (Å²) in [5, 5.41) is 2.57. The lowest BCUT2D eigenvalue weighted by Crippen LogP contribution is -2.25. The van der Waals surface area contributed by atoms with Crippen LogP contribution in [0.3, 0.4) is 0 Å². The largest absolute Gasteiger partial charge is 0.433 e. The average Bonchev–Trinajstić information content (AvgIpc) is 2.73. The van der Waals surface area contributed by atoms with E-state index in [0.717, 1.165) is 0 Å². The molecule has 1 saturated heterocycles. The lowest BCUT2D eigenvalue weighted by atomic mass is 10.1. The predicted molar refractivity (Wildman–Crippen MR) is 72.5 cm³/mol. The zero-order valence-electron chi connectivity index (χ0n) is 11.1. The quantitative estimate of drug-likeness (QED) is 0.927. The maximum absolute atomic E-state index is 12.1. The van der Waals surface area contributed by atoms with Crippen molar-refractivity contribution in [3.8, 4) is 5.75 Å². The van der Waals surface area contributed by atoms with Crippen LogP contribution in [0, 0.1) is 5.92 Å². The molecule has 1 aromatic carbocycles. The summed E-state index contributed by atoms with van der Waals surface area (Å²) >= 11 is 5.79. The molecular weight excluding hydrogens is 306 g/mol. The zero-order valence-corrected chi connectivity index (χ0v) is 11.9. The molecule has 1 fully saturated rings. The van der Waals surface area contributed by atoms with Crippen molar-refractivity contribution in [3.63, 3.8) is 0 Å². The molecule has 0 bridgehead atoms. The highest BCUT2D eigenvalue weighted by atomic mass is 35.5. The summed E-state index contributed by atoms with van der Waals surface area (Å²) in [5.74, 6) is -1.00. The van der Waals surface area contributed by atoms with Crippen molar-refractivity contribution in [3.05, 3.63) is 23.2 Å². The van der Waals surface area contributed by atoms with E-state index in [2.05, 4.69) is 10.1 Å². The molecule has 21 heavy (non-hydrogen) atoms. The molecular formula is C13H13ClF2N2O3. The Morgan fingerprint density at radius 2 is 2.24 bits per heavy atom. The second-order valence-electron chi connectivity index (χ2n) is 4.69. The smallest absolute Gasteiger partial charge is 0.387 e. The summed E-state index contributed by atoms with van der Waals surface area (Å²) in [7, 11) is 1.63. The van der Waals surface area contributed by atoms with Crippen molar-refractivity contribution in [1.29, 1.82) is 0 Å². The molecule has 0 aliphatic carbocycles. The normalized spacial score (nSPS) is 18.2. The highest BCUT2D eigenvalue weighted by Crippen LogP contribution is 2.29. The summed E-state index contributed by atoms with van der Waals surface area (Å²) in [6.45, 7) is -2.62. The molecule has 1 atom stereocenters. The van der Waals surface area contributed by atoms with Gasteiger partial charge in [-0.05, 0) is 18.2 Å². The van der Waals surface area contributed by atoms with Crippen molar-refractivity contribution in [2.24, 2.45) is 5.92 Å². The topological polar surface area (TPSA) is 58.6 Å². The lowest BCUT2D eigenvalue weighted by Gasteiger charge is -2.12. The van der Waals surface area contributed by atoms with Gasteiger partial charge in [0.25, 0.3) is 0 Å². The molecule has 0 aromatic heterocycles. The third-order valence-corrected chi connectivity index (χ3v) is 3.42. The number of ether oxygens (including phenoxy) is 1. The van der Waals surface area contributed by atoms with E-state index in [-0.39, 0.29) is 29.0 Å². The molecule has 0 spiro atoms. The van der Waals surface area contributed by atoms with E-state index < -0.39 is 12.5 Å². The number of benzene rings is 1. The molecule has 1 aliphatic rings. The van der Waals surface area contributed by atoms with Gasteiger partial charge < -0.3 is 15.0 Å². The Morgan fingerprint density at radius 3 is 2.76 bits per heavy atom. The van der Waals surface area contributed by atoms with Crippen LogP contribution < -0.4 is 10.1 Å². The van der Waals surface area contributed by atoms with Crippen molar-refractivity contribution in [2.45, 2.75) is 13.0 Å². The first-order valence-electron chi connectivity index (χ1n) is 6.16. The Hall–Kier alpha value is -1.89. The number of hydrogen-bond donors (Lipinski definition) is 1. The minimum atomic E-state index is -2.97. The van der Waals surface area contributed by atoms with Crippen LogP contribution in [0.25, 0.3) is 0 Å². The van der Waals surface area contributed by atoms with E-state index in [9.17, 15) is 18.4 Å². The fourth-order valence-corrected chi connectivity index (χ4v) is 2.28. The number of carbonyl (C=O) groups excluding carboxylic acids is 2. The molecule has 8 heteroatoms. The number of alkyl halides is 2. The van der Waals surface area contributed by atoms with Gasteiger partial charge in [0, 0.05) is 25.7 Å². The molecule has 2 amide bonds. The minimum absolute atomic E-state index is 0.0345. The molecule has 1 aromatic rings. The van der Waals surface area contributed by atoms with Gasteiger partial charge in [-0.3, -0.25) is 9.59 Å². The second kappa shape index (κ2) is 6.26. The predicted octanol–water partition coefficient (Wildman–Crippen LogP) is 2.36. The van der Waals surface area contributed by atoms with Gasteiger partial charge in [0.05, 0.1) is 10.9 Å². The standard InChI is InChI=1S/C13H13ClF2N2O3/c1-18-6-7(4-11(18)19)12(20)17-8-2-3-10(9(14)5-8)21-13(15)16/h2-3,5,7,13H,4,6H2,1H3,(H,17,20). The summed E-state index contributed by atoms with van der Waals surface area (Å²) in [6, 6.07) is 3.97. The van der Waals surface area contributed by atoms with Gasteiger partial charge >= 0.3 is 6.61 Å². The molecule has 0 radical (unpaired) electrons. The summed E-state index contributed by atoms with van der Waals surface area (Å²) in [4.78, 5) is 24.9. The zero-order chi connectivity index (χ0) is 15.6. The fourth-order valence-electron chi connectivity index (χ4n) is 2.05. The fraction of sp³-hybridized carbons (Fsp3) is 0.385. The molecule has 1 heterocycles. The number of anilines is 1. The van der Waals surface area contributed by atoms with Crippen LogP contribution in [0.4, 0.5) is 14.5 Å². The maximum atomic E-state index is 12.1. The van der Waals surface area contributed by atoms with E-state index in [1.165, 1.54) is 23.1 Å². The molecule has 0 saturated carbocycles. The van der Waals surface area contributed by atoms with Crippen molar-refractivity contribution in [2.75, 3.05) is 18.9 Å². The van der Waals surface area contributed by atoms with Crippen LogP contribution in [0.15, 0.2) is 18.2 Å². The van der Waals surface area contributed by atoms with Crippen LogP contribution in [0.5, 0.6) is 5.75 Å². The summed E-state index contributed by atoms with van der Waals surface area (Å²) < 4.78 is 28.4. The monoisotopic (exact) mass is 318 g/mol. The van der Waals surface area contributed by atoms with E-state index >= 15 is 0 Å². The van der Waals surface area contributed by atoms with Crippen molar-refractivity contribution in [1.82, 2.24) is 4.90 Å². The van der Waals surface area contributed by atoms with Gasteiger partial charge in [-0.15, -0.1) is 0 Å². The van der Waals surface area contributed by atoms with Crippen molar-refractivity contribution >= 4 is 29.1 Å². The highest BCUT2D eigenvalue weighted by Gasteiger charge is 2.32. The number of nitrogens with one attached hydrogen (secondary N) is 1. The summed E-state index contributed by atoms with van der Waals surface area (Å²) in [5.41, 5.74) is 0.355. The van der Waals surface area contributed by atoms with Gasteiger partial charge in [0.15, 0.2) is 0 Å². The Morgan fingerprint density at radius 1 is 1.52 bits per heavy atom. The van der Waals surface area contributed by atoms with Gasteiger partial charge in [-0.1, -0.05) is 11.6 Å². The Labute approximate surface area is 124 Å². The molecule has 114 valence electrons. The summed E-state index contributed by atoms with van der Waals surface area (Å²) in [6.07, 6.45) is 0.155. The maximum Gasteiger partial charge on any atom is 0.387 e. The van der Waals surface area contributed by atoms with E-state index in [0.29, 0.717) is 12.2 Å². The van der Waals surface area contributed by atoms with E-state index in [1.807, 2.05) is 0 Å².